The molecule has 0 spiro atoms. The summed E-state index contributed by atoms with van der Waals surface area (Å²) in [6.07, 6.45) is 3.54. The monoisotopic (exact) mass is 450 g/mol. The fraction of sp³-hybridized carbons (Fsp3) is 0.409. The predicted octanol–water partition coefficient (Wildman–Crippen LogP) is 3.55. The first-order valence-corrected chi connectivity index (χ1v) is 11.6. The molecule has 0 aliphatic heterocycles. The molecule has 0 radical (unpaired) electrons. The van der Waals surface area contributed by atoms with Gasteiger partial charge in [0.2, 0.25) is 10.0 Å². The number of benzene rings is 2. The molecule has 168 valence electrons. The number of nitrogens with one attached hydrogen (secondary N) is 2. The van der Waals surface area contributed by atoms with E-state index in [1.165, 1.54) is 44.6 Å². The van der Waals surface area contributed by atoms with Crippen molar-refractivity contribution < 1.29 is 27.1 Å². The molecule has 0 aromatic heterocycles. The molecule has 9 heteroatoms. The first-order valence-electron chi connectivity index (χ1n) is 10.1. The zero-order valence-electron chi connectivity index (χ0n) is 17.8. The molecular weight excluding hydrogens is 423 g/mol. The SMILES string of the molecule is COc1ccc(C(C)NC(=O)c2ccc(OC)c(S(=O)(=O)NC3CCCC3)c2)cc1F. The Bertz CT molecular complexity index is 1050. The lowest BCUT2D eigenvalue weighted by molar-refractivity contribution is 0.0939. The second-order valence-corrected chi connectivity index (χ2v) is 9.24. The van der Waals surface area contributed by atoms with Crippen molar-refractivity contribution in [3.05, 3.63) is 53.3 Å². The molecule has 31 heavy (non-hydrogen) atoms. The van der Waals surface area contributed by atoms with Gasteiger partial charge in [0.15, 0.2) is 11.6 Å². The standard InChI is InChI=1S/C22H27FN2O5S/c1-14(15-8-10-19(29-2)18(23)12-15)24-22(26)16-9-11-20(30-3)21(13-16)31(27,28)25-17-6-4-5-7-17/h8-14,17,25H,4-7H2,1-3H3,(H,24,26). The first-order chi connectivity index (χ1) is 14.7. The molecule has 1 amide bonds. The van der Waals surface area contributed by atoms with Crippen LogP contribution in [-0.4, -0.2) is 34.6 Å². The molecular formula is C22H27FN2O5S. The summed E-state index contributed by atoms with van der Waals surface area (Å²) in [5, 5.41) is 2.76. The quantitative estimate of drug-likeness (QED) is 0.642. The van der Waals surface area contributed by atoms with Gasteiger partial charge < -0.3 is 14.8 Å². The van der Waals surface area contributed by atoms with Crippen LogP contribution in [0.25, 0.3) is 0 Å². The Labute approximate surface area is 182 Å². The molecule has 2 aromatic rings. The Hall–Kier alpha value is -2.65. The van der Waals surface area contributed by atoms with Crippen LogP contribution in [0.3, 0.4) is 0 Å². The molecule has 0 bridgehead atoms. The number of hydrogen-bond donors (Lipinski definition) is 2. The molecule has 3 rings (SSSR count). The summed E-state index contributed by atoms with van der Waals surface area (Å²) in [7, 11) is -1.10. The average Bonchev–Trinajstić information content (AvgIpc) is 3.25. The molecule has 1 atom stereocenters. The lowest BCUT2D eigenvalue weighted by atomic mass is 10.1. The average molecular weight is 451 g/mol. The van der Waals surface area contributed by atoms with E-state index in [1.54, 1.807) is 13.0 Å². The third-order valence-electron chi connectivity index (χ3n) is 5.42. The fourth-order valence-corrected chi connectivity index (χ4v) is 5.17. The van der Waals surface area contributed by atoms with E-state index in [0.29, 0.717) is 5.56 Å². The molecule has 7 nitrogen and oxygen atoms in total. The van der Waals surface area contributed by atoms with Gasteiger partial charge in [-0.15, -0.1) is 0 Å². The molecule has 0 saturated heterocycles. The Kier molecular flexibility index (Phi) is 7.17. The number of carbonyl (C=O) groups excluding carboxylic acids is 1. The van der Waals surface area contributed by atoms with Crippen molar-refractivity contribution >= 4 is 15.9 Å². The van der Waals surface area contributed by atoms with Crippen molar-refractivity contribution in [1.82, 2.24) is 10.0 Å². The molecule has 2 N–H and O–H groups in total. The second kappa shape index (κ2) is 9.65. The smallest absolute Gasteiger partial charge is 0.251 e. The Balaban J connectivity index is 1.81. The van der Waals surface area contributed by atoms with E-state index in [1.807, 2.05) is 0 Å². The number of rotatable bonds is 8. The molecule has 1 aliphatic rings. The Morgan fingerprint density at radius 2 is 1.71 bits per heavy atom. The molecule has 0 heterocycles. The predicted molar refractivity (Wildman–Crippen MR) is 114 cm³/mol. The molecule has 2 aromatic carbocycles. The van der Waals surface area contributed by atoms with Gasteiger partial charge in [-0.2, -0.15) is 0 Å². The van der Waals surface area contributed by atoms with Crippen molar-refractivity contribution in [2.24, 2.45) is 0 Å². The summed E-state index contributed by atoms with van der Waals surface area (Å²) in [4.78, 5) is 12.7. The zero-order chi connectivity index (χ0) is 22.6. The summed E-state index contributed by atoms with van der Waals surface area (Å²) >= 11 is 0. The highest BCUT2D eigenvalue weighted by molar-refractivity contribution is 7.89. The van der Waals surface area contributed by atoms with Crippen LogP contribution >= 0.6 is 0 Å². The van der Waals surface area contributed by atoms with Crippen molar-refractivity contribution in [2.45, 2.75) is 49.6 Å². The highest BCUT2D eigenvalue weighted by Crippen LogP contribution is 2.28. The zero-order valence-corrected chi connectivity index (χ0v) is 18.6. The van der Waals surface area contributed by atoms with Gasteiger partial charge in [-0.05, 0) is 55.7 Å². The van der Waals surface area contributed by atoms with Gasteiger partial charge in [0.05, 0.1) is 20.3 Å². The van der Waals surface area contributed by atoms with Crippen LogP contribution in [0.1, 0.15) is 54.6 Å². The van der Waals surface area contributed by atoms with Gasteiger partial charge in [-0.1, -0.05) is 18.9 Å². The van der Waals surface area contributed by atoms with Crippen molar-refractivity contribution in [2.75, 3.05) is 14.2 Å². The van der Waals surface area contributed by atoms with E-state index in [-0.39, 0.29) is 28.0 Å². The van der Waals surface area contributed by atoms with Crippen LogP contribution in [0.5, 0.6) is 11.5 Å². The number of amides is 1. The Morgan fingerprint density at radius 1 is 1.06 bits per heavy atom. The van der Waals surface area contributed by atoms with E-state index >= 15 is 0 Å². The second-order valence-electron chi connectivity index (χ2n) is 7.56. The maximum atomic E-state index is 14.0. The molecule has 1 aliphatic carbocycles. The van der Waals surface area contributed by atoms with Gasteiger partial charge in [0.25, 0.3) is 5.91 Å². The maximum Gasteiger partial charge on any atom is 0.251 e. The van der Waals surface area contributed by atoms with E-state index < -0.39 is 27.8 Å². The lowest BCUT2D eigenvalue weighted by Crippen LogP contribution is -2.33. The Morgan fingerprint density at radius 3 is 2.32 bits per heavy atom. The van der Waals surface area contributed by atoms with Gasteiger partial charge in [-0.3, -0.25) is 4.79 Å². The number of hydrogen-bond acceptors (Lipinski definition) is 5. The van der Waals surface area contributed by atoms with Crippen LogP contribution in [-0.2, 0) is 10.0 Å². The van der Waals surface area contributed by atoms with Crippen LogP contribution < -0.4 is 19.5 Å². The lowest BCUT2D eigenvalue weighted by Gasteiger charge is -2.17. The number of sulfonamides is 1. The van der Waals surface area contributed by atoms with Gasteiger partial charge in [0.1, 0.15) is 10.6 Å². The molecule has 1 unspecified atom stereocenters. The van der Waals surface area contributed by atoms with E-state index in [0.717, 1.165) is 25.7 Å². The highest BCUT2D eigenvalue weighted by Gasteiger charge is 2.27. The third-order valence-corrected chi connectivity index (χ3v) is 6.96. The summed E-state index contributed by atoms with van der Waals surface area (Å²) in [5.41, 5.74) is 0.712. The minimum Gasteiger partial charge on any atom is -0.495 e. The molecule has 1 saturated carbocycles. The number of ether oxygens (including phenoxy) is 2. The van der Waals surface area contributed by atoms with Crippen LogP contribution in [0, 0.1) is 5.82 Å². The summed E-state index contributed by atoms with van der Waals surface area (Å²) < 4.78 is 52.6. The number of carbonyl (C=O) groups is 1. The highest BCUT2D eigenvalue weighted by atomic mass is 32.2. The van der Waals surface area contributed by atoms with E-state index in [2.05, 4.69) is 10.0 Å². The van der Waals surface area contributed by atoms with Crippen LogP contribution in [0.15, 0.2) is 41.3 Å². The summed E-state index contributed by atoms with van der Waals surface area (Å²) in [5.74, 6) is -0.741. The first kappa shape index (κ1) is 23.0. The minimum absolute atomic E-state index is 0.0855. The number of halogens is 1. The maximum absolute atomic E-state index is 14.0. The van der Waals surface area contributed by atoms with Gasteiger partial charge in [-0.25, -0.2) is 17.5 Å². The fourth-order valence-electron chi connectivity index (χ4n) is 3.67. The van der Waals surface area contributed by atoms with Crippen molar-refractivity contribution in [3.63, 3.8) is 0 Å². The topological polar surface area (TPSA) is 93.7 Å². The largest absolute Gasteiger partial charge is 0.495 e. The van der Waals surface area contributed by atoms with E-state index in [4.69, 9.17) is 9.47 Å². The minimum atomic E-state index is -3.85. The van der Waals surface area contributed by atoms with Crippen LogP contribution in [0.4, 0.5) is 4.39 Å². The van der Waals surface area contributed by atoms with Crippen molar-refractivity contribution in [3.8, 4) is 11.5 Å². The van der Waals surface area contributed by atoms with Crippen LogP contribution in [0.2, 0.25) is 0 Å². The van der Waals surface area contributed by atoms with E-state index in [9.17, 15) is 17.6 Å². The third kappa shape index (κ3) is 5.34. The summed E-state index contributed by atoms with van der Waals surface area (Å²) in [6.45, 7) is 1.71. The van der Waals surface area contributed by atoms with Crippen molar-refractivity contribution in [1.29, 1.82) is 0 Å². The number of methoxy groups -OCH3 is 2. The van der Waals surface area contributed by atoms with Gasteiger partial charge in [0, 0.05) is 11.6 Å². The molecule has 1 fully saturated rings. The normalized spacial score (nSPS) is 15.5. The van der Waals surface area contributed by atoms with Gasteiger partial charge >= 0.3 is 0 Å². The summed E-state index contributed by atoms with van der Waals surface area (Å²) in [6, 6.07) is 8.05.